The number of carbonyl (C=O) groups excluding carboxylic acids is 3. The number of ether oxygens (including phenoxy) is 1. The molecule has 1 fully saturated rings. The van der Waals surface area contributed by atoms with Crippen LogP contribution in [0.1, 0.15) is 61.2 Å². The summed E-state index contributed by atoms with van der Waals surface area (Å²) in [5.74, 6) is -1.55. The van der Waals surface area contributed by atoms with E-state index in [1.165, 1.54) is 39.3 Å². The van der Waals surface area contributed by atoms with E-state index >= 15 is 4.79 Å². The van der Waals surface area contributed by atoms with E-state index in [-0.39, 0.29) is 17.1 Å². The summed E-state index contributed by atoms with van der Waals surface area (Å²) < 4.78 is 6.45. The lowest BCUT2D eigenvalue weighted by Crippen LogP contribution is -2.71. The van der Waals surface area contributed by atoms with Gasteiger partial charge >= 0.3 is 5.97 Å². The van der Waals surface area contributed by atoms with Crippen LogP contribution in [0.3, 0.4) is 0 Å². The van der Waals surface area contributed by atoms with E-state index < -0.39 is 46.4 Å². The fourth-order valence-corrected chi connectivity index (χ4v) is 13.4. The number of esters is 1. The molecule has 80 heavy (non-hydrogen) atoms. The number of thioether (sulfide) groups is 1. The number of aromatic nitrogens is 2. The third kappa shape index (κ3) is 9.89. The lowest BCUT2D eigenvalue weighted by Gasteiger charge is -2.49. The third-order valence-electron chi connectivity index (χ3n) is 14.3. The molecular weight excluding hydrogens is 1050 g/mol. The molecule has 0 unspecified atom stereocenters. The molecule has 12 rings (SSSR count). The summed E-state index contributed by atoms with van der Waals surface area (Å²) in [6.45, 7) is 0. The second-order valence-corrected chi connectivity index (χ2v) is 21.8. The summed E-state index contributed by atoms with van der Waals surface area (Å²) in [5, 5.41) is 13.4. The van der Waals surface area contributed by atoms with Gasteiger partial charge in [-0.2, -0.15) is 0 Å². The summed E-state index contributed by atoms with van der Waals surface area (Å²) in [4.78, 5) is 64.0. The molecule has 0 radical (unpaired) electrons. The molecule has 10 aromatic rings. The number of benzene rings is 8. The Balaban J connectivity index is 0.939. The molecule has 1 saturated heterocycles. The third-order valence-corrected chi connectivity index (χ3v) is 17.2. The lowest BCUT2D eigenvalue weighted by atomic mass is 9.77. The average molecular weight is 1100 g/mol. The Labute approximate surface area is 475 Å². The van der Waals surface area contributed by atoms with Crippen molar-refractivity contribution in [1.82, 2.24) is 20.2 Å². The monoisotopic (exact) mass is 1100 g/mol. The fourth-order valence-electron chi connectivity index (χ4n) is 10.5. The van der Waals surface area contributed by atoms with Gasteiger partial charge in [0.25, 0.3) is 11.8 Å². The van der Waals surface area contributed by atoms with Gasteiger partial charge < -0.3 is 20.2 Å². The van der Waals surface area contributed by atoms with Crippen molar-refractivity contribution in [3.05, 3.63) is 321 Å². The smallest absolute Gasteiger partial charge is 0.356 e. The van der Waals surface area contributed by atoms with Crippen molar-refractivity contribution in [3.63, 3.8) is 0 Å². The minimum Gasteiger partial charge on any atom is -0.448 e. The largest absolute Gasteiger partial charge is 0.448 e. The number of β-lactam (4-membered cyclic amide) rings is 1. The average Bonchev–Trinajstić information content (AvgIpc) is 4.36. The first-order chi connectivity index (χ1) is 39.4. The summed E-state index contributed by atoms with van der Waals surface area (Å²) >= 11 is 4.12. The van der Waals surface area contributed by atoms with E-state index in [4.69, 9.17) is 19.7 Å². The van der Waals surface area contributed by atoms with Crippen molar-refractivity contribution < 1.29 is 24.0 Å². The Hall–Kier alpha value is -9.21. The van der Waals surface area contributed by atoms with E-state index in [0.717, 1.165) is 49.4 Å². The lowest BCUT2D eigenvalue weighted by molar-refractivity contribution is -0.154. The zero-order valence-electron chi connectivity index (χ0n) is 42.8. The SMILES string of the molecule is O=C(OC(c1ccccc1)c1ccccc1)C1=C(c2cncs2)CS[C@@H]2[C@H](NC(=O)/C(=N\OC(c3ccccc3)(c3ccccc3)c3ccccc3)c3csc(NC(c4ccccc4)(c4ccccc4)c4ccccc4)n3)C(=O)N12. The predicted molar refractivity (Wildman–Crippen MR) is 317 cm³/mol. The van der Waals surface area contributed by atoms with Crippen LogP contribution < -0.4 is 10.6 Å². The van der Waals surface area contributed by atoms with Crippen LogP contribution in [-0.4, -0.2) is 55.5 Å². The molecule has 8 aromatic carbocycles. The van der Waals surface area contributed by atoms with Gasteiger partial charge in [0.05, 0.1) is 10.4 Å². The van der Waals surface area contributed by atoms with Gasteiger partial charge in [-0.25, -0.2) is 9.78 Å². The van der Waals surface area contributed by atoms with Crippen LogP contribution in [-0.2, 0) is 35.1 Å². The van der Waals surface area contributed by atoms with E-state index in [9.17, 15) is 9.59 Å². The van der Waals surface area contributed by atoms with Crippen LogP contribution in [0.2, 0.25) is 0 Å². The highest BCUT2D eigenvalue weighted by Crippen LogP contribution is 2.46. The van der Waals surface area contributed by atoms with Crippen molar-refractivity contribution >= 4 is 68.6 Å². The highest BCUT2D eigenvalue weighted by molar-refractivity contribution is 8.00. The number of thiazole rings is 2. The number of nitrogens with zero attached hydrogens (tertiary/aromatic N) is 4. The Bertz CT molecular complexity index is 3570. The van der Waals surface area contributed by atoms with Crippen molar-refractivity contribution in [1.29, 1.82) is 0 Å². The van der Waals surface area contributed by atoms with Crippen molar-refractivity contribution in [2.24, 2.45) is 5.16 Å². The zero-order chi connectivity index (χ0) is 54.3. The number of fused-ring (bicyclic) bond motifs is 1. The van der Waals surface area contributed by atoms with Crippen LogP contribution >= 0.6 is 34.4 Å². The van der Waals surface area contributed by atoms with Crippen LogP contribution in [0.15, 0.2) is 271 Å². The first-order valence-electron chi connectivity index (χ1n) is 25.9. The van der Waals surface area contributed by atoms with Crippen LogP contribution in [0.25, 0.3) is 5.57 Å². The summed E-state index contributed by atoms with van der Waals surface area (Å²) in [6.07, 6.45) is 0.914. The Morgan fingerprint density at radius 2 is 1.05 bits per heavy atom. The molecule has 2 atom stereocenters. The maximum atomic E-state index is 15.5. The molecule has 2 aliphatic heterocycles. The maximum absolute atomic E-state index is 15.5. The first kappa shape index (κ1) is 51.5. The Morgan fingerprint density at radius 1 is 0.600 bits per heavy atom. The van der Waals surface area contributed by atoms with E-state index in [1.54, 1.807) is 17.1 Å². The molecule has 2 aliphatic rings. The molecule has 0 spiro atoms. The van der Waals surface area contributed by atoms with Crippen molar-refractivity contribution in [3.8, 4) is 0 Å². The highest BCUT2D eigenvalue weighted by atomic mass is 32.2. The van der Waals surface area contributed by atoms with E-state index in [1.807, 2.05) is 206 Å². The number of amides is 2. The van der Waals surface area contributed by atoms with Crippen molar-refractivity contribution in [2.45, 2.75) is 28.7 Å². The Morgan fingerprint density at radius 3 is 1.50 bits per heavy atom. The molecule has 0 saturated carbocycles. The van der Waals surface area contributed by atoms with Crippen LogP contribution in [0.4, 0.5) is 5.13 Å². The van der Waals surface area contributed by atoms with Crippen LogP contribution in [0.5, 0.6) is 0 Å². The quantitative estimate of drug-likeness (QED) is 0.0283. The van der Waals surface area contributed by atoms with E-state index in [2.05, 4.69) is 52.0 Å². The maximum Gasteiger partial charge on any atom is 0.356 e. The predicted octanol–water partition coefficient (Wildman–Crippen LogP) is 12.9. The standard InChI is InChI=1S/C66H50N6O5S3/c73-60(69-57-61(74)72-58(53(42-78-62(57)72)55-41-67-44-80-55)63(75)76-59(45-25-9-1-10-26-45)46-27-11-2-12-28-46)56(71-77-66(50-35-19-6-20-36-50,51-37-21-7-22-38-51)52-39-23-8-24-40-52)54-43-79-64(68-54)70-65(47-29-13-3-14-30-47,48-31-15-4-16-32-48)49-33-17-5-18-34-49/h1-41,43-44,57,59,62H,42H2,(H,68,70)(H,69,73)/b71-56-/t57-,62-/m1/s1. The van der Waals surface area contributed by atoms with Crippen LogP contribution in [0, 0.1) is 0 Å². The topological polar surface area (TPSA) is 135 Å². The van der Waals surface area contributed by atoms with Gasteiger partial charge in [0, 0.05) is 39.6 Å². The number of rotatable bonds is 18. The fraction of sp³-hybridized carbons (Fsp3) is 0.0909. The molecule has 0 aliphatic carbocycles. The van der Waals surface area contributed by atoms with Crippen molar-refractivity contribution in [2.75, 3.05) is 11.1 Å². The number of carbonyl (C=O) groups is 3. The normalized spacial score (nSPS) is 15.4. The molecule has 4 heterocycles. The molecule has 0 bridgehead atoms. The van der Waals surface area contributed by atoms with E-state index in [0.29, 0.717) is 16.5 Å². The molecule has 392 valence electrons. The van der Waals surface area contributed by atoms with Gasteiger partial charge in [-0.15, -0.1) is 34.4 Å². The second-order valence-electron chi connectivity index (χ2n) is 19.0. The molecule has 11 nitrogen and oxygen atoms in total. The minimum absolute atomic E-state index is 0.106. The highest BCUT2D eigenvalue weighted by Gasteiger charge is 2.55. The van der Waals surface area contributed by atoms with Gasteiger partial charge in [-0.1, -0.05) is 248 Å². The number of hydrogen-bond acceptors (Lipinski definition) is 12. The summed E-state index contributed by atoms with van der Waals surface area (Å²) in [6, 6.07) is 77.7. The molecular formula is C66H50N6O5S3. The van der Waals surface area contributed by atoms with Gasteiger partial charge in [0.2, 0.25) is 5.60 Å². The van der Waals surface area contributed by atoms with Gasteiger partial charge in [-0.3, -0.25) is 19.5 Å². The minimum atomic E-state index is -1.37. The first-order valence-corrected chi connectivity index (χ1v) is 28.7. The molecule has 14 heteroatoms. The molecule has 2 aromatic heterocycles. The summed E-state index contributed by atoms with van der Waals surface area (Å²) in [5.41, 5.74) is 6.83. The number of hydrogen-bond donors (Lipinski definition) is 2. The van der Waals surface area contributed by atoms with Gasteiger partial charge in [0.1, 0.15) is 28.3 Å². The number of nitrogens with one attached hydrogen (secondary N) is 2. The molecule has 2 amide bonds. The Kier molecular flexibility index (Phi) is 14.8. The second kappa shape index (κ2) is 23.0. The summed E-state index contributed by atoms with van der Waals surface area (Å²) in [7, 11) is 0. The van der Waals surface area contributed by atoms with Gasteiger partial charge in [-0.05, 0) is 27.8 Å². The molecule has 2 N–H and O–H groups in total. The number of oxime groups is 1. The zero-order valence-corrected chi connectivity index (χ0v) is 45.3. The van der Waals surface area contributed by atoms with Gasteiger partial charge in [0.15, 0.2) is 16.9 Å². The number of anilines is 1.